The maximum atomic E-state index is 6.03. The van der Waals surface area contributed by atoms with Crippen LogP contribution in [0.3, 0.4) is 0 Å². The highest BCUT2D eigenvalue weighted by atomic mass is 32.1. The van der Waals surface area contributed by atoms with Crippen molar-refractivity contribution in [3.05, 3.63) is 95.3 Å². The van der Waals surface area contributed by atoms with E-state index in [9.17, 15) is 0 Å². The normalized spacial score (nSPS) is 10.6. The van der Waals surface area contributed by atoms with Gasteiger partial charge in [0.1, 0.15) is 11.5 Å². The molecule has 4 rings (SSSR count). The second-order valence-corrected chi connectivity index (χ2v) is 6.20. The monoisotopic (exact) mass is 359 g/mol. The second-order valence-electron chi connectivity index (χ2n) is 5.84. The maximum Gasteiger partial charge on any atom is 0.216 e. The first-order chi connectivity index (χ1) is 12.8. The van der Waals surface area contributed by atoms with Gasteiger partial charge in [-0.3, -0.25) is 9.78 Å². The van der Waals surface area contributed by atoms with Crippen LogP contribution < -0.4 is 4.74 Å². The maximum absolute atomic E-state index is 6.03. The van der Waals surface area contributed by atoms with Crippen LogP contribution in [0.15, 0.2) is 84.9 Å². The van der Waals surface area contributed by atoms with Crippen LogP contribution in [0.5, 0.6) is 11.5 Å². The lowest BCUT2D eigenvalue weighted by Crippen LogP contribution is -2.01. The summed E-state index contributed by atoms with van der Waals surface area (Å²) in [5.74, 6) is 2.20. The number of benzene rings is 3. The largest absolute Gasteiger partial charge is 0.457 e. The molecule has 0 spiro atoms. The Morgan fingerprint density at radius 1 is 0.846 bits per heavy atom. The summed E-state index contributed by atoms with van der Waals surface area (Å²) in [7, 11) is 0. The van der Waals surface area contributed by atoms with Gasteiger partial charge >= 0.3 is 0 Å². The van der Waals surface area contributed by atoms with Crippen LogP contribution in [-0.2, 0) is 6.54 Å². The summed E-state index contributed by atoms with van der Waals surface area (Å²) in [5.41, 5.74) is 2.03. The molecule has 0 unspecified atom stereocenters. The summed E-state index contributed by atoms with van der Waals surface area (Å²) in [6.07, 6.45) is 0. The van der Waals surface area contributed by atoms with Crippen LogP contribution in [0.4, 0.5) is 0 Å². The quantitative estimate of drug-likeness (QED) is 0.482. The van der Waals surface area contributed by atoms with Gasteiger partial charge in [-0.2, -0.15) is 4.98 Å². The fraction of sp³-hybridized carbons (Fsp3) is 0.0476. The van der Waals surface area contributed by atoms with Gasteiger partial charge in [0, 0.05) is 0 Å². The Balaban J connectivity index is 1.66. The van der Waals surface area contributed by atoms with E-state index in [4.69, 9.17) is 17.0 Å². The summed E-state index contributed by atoms with van der Waals surface area (Å²) < 4.78 is 8.40. The van der Waals surface area contributed by atoms with Crippen LogP contribution in [-0.4, -0.2) is 14.8 Å². The van der Waals surface area contributed by atoms with Gasteiger partial charge in [0.05, 0.1) is 12.1 Å². The minimum Gasteiger partial charge on any atom is -0.457 e. The molecule has 5 heteroatoms. The highest BCUT2D eigenvalue weighted by Gasteiger charge is 2.11. The van der Waals surface area contributed by atoms with Gasteiger partial charge in [0.25, 0.3) is 0 Å². The number of hydrogen-bond donors (Lipinski definition) is 1. The standard InChI is InChI=1S/C21H17N3OS/c26-21-22-20(23-24(21)15-16-9-3-1-4-10-16)18-13-7-8-14-19(18)25-17-11-5-2-6-12-17/h1-14H,15H2,(H,22,23,26). The van der Waals surface area contributed by atoms with Crippen molar-refractivity contribution in [1.82, 2.24) is 14.8 Å². The molecule has 0 saturated heterocycles. The molecule has 4 aromatic rings. The lowest BCUT2D eigenvalue weighted by atomic mass is 10.2. The van der Waals surface area contributed by atoms with Crippen molar-refractivity contribution in [1.29, 1.82) is 0 Å². The van der Waals surface area contributed by atoms with Gasteiger partial charge in [0.15, 0.2) is 5.82 Å². The topological polar surface area (TPSA) is 42.8 Å². The summed E-state index contributed by atoms with van der Waals surface area (Å²) in [6.45, 7) is 0.647. The number of para-hydroxylation sites is 2. The fourth-order valence-electron chi connectivity index (χ4n) is 2.72. The molecular weight excluding hydrogens is 342 g/mol. The van der Waals surface area contributed by atoms with Gasteiger partial charge in [-0.25, -0.2) is 0 Å². The lowest BCUT2D eigenvalue weighted by Gasteiger charge is -2.09. The number of rotatable bonds is 5. The van der Waals surface area contributed by atoms with E-state index < -0.39 is 0 Å². The zero-order chi connectivity index (χ0) is 17.8. The van der Waals surface area contributed by atoms with E-state index >= 15 is 0 Å². The molecule has 0 aliphatic carbocycles. The molecule has 1 heterocycles. The Labute approximate surface area is 156 Å². The average Bonchev–Trinajstić information content (AvgIpc) is 3.04. The van der Waals surface area contributed by atoms with Crippen molar-refractivity contribution < 1.29 is 4.74 Å². The Kier molecular flexibility index (Phi) is 4.62. The number of H-pyrrole nitrogens is 1. The predicted molar refractivity (Wildman–Crippen MR) is 105 cm³/mol. The van der Waals surface area contributed by atoms with Crippen LogP contribution in [0.1, 0.15) is 5.56 Å². The number of aromatic nitrogens is 3. The van der Waals surface area contributed by atoms with Crippen LogP contribution in [0.25, 0.3) is 11.4 Å². The molecule has 0 radical (unpaired) electrons. The third-order valence-electron chi connectivity index (χ3n) is 3.98. The Morgan fingerprint density at radius 2 is 1.50 bits per heavy atom. The second kappa shape index (κ2) is 7.37. The SMILES string of the molecule is S=c1nc(-c2ccccc2Oc2ccccc2)[nH]n1Cc1ccccc1. The van der Waals surface area contributed by atoms with E-state index in [1.54, 1.807) is 0 Å². The van der Waals surface area contributed by atoms with Crippen LogP contribution >= 0.6 is 12.2 Å². The van der Waals surface area contributed by atoms with E-state index in [-0.39, 0.29) is 0 Å². The Hall–Kier alpha value is -3.18. The highest BCUT2D eigenvalue weighted by molar-refractivity contribution is 7.71. The zero-order valence-corrected chi connectivity index (χ0v) is 14.8. The van der Waals surface area contributed by atoms with Crippen LogP contribution in [0, 0.1) is 4.77 Å². The first-order valence-electron chi connectivity index (χ1n) is 8.33. The van der Waals surface area contributed by atoms with Gasteiger partial charge < -0.3 is 4.74 Å². The number of hydrogen-bond acceptors (Lipinski definition) is 3. The van der Waals surface area contributed by atoms with Crippen molar-refractivity contribution in [2.24, 2.45) is 0 Å². The van der Waals surface area contributed by atoms with E-state index in [0.29, 0.717) is 17.1 Å². The Morgan fingerprint density at radius 3 is 2.27 bits per heavy atom. The van der Waals surface area contributed by atoms with Gasteiger partial charge in [-0.15, -0.1) is 0 Å². The molecule has 0 fully saturated rings. The molecule has 1 N–H and O–H groups in total. The van der Waals surface area contributed by atoms with Crippen molar-refractivity contribution in [2.75, 3.05) is 0 Å². The van der Waals surface area contributed by atoms with Gasteiger partial charge in [-0.05, 0) is 42.0 Å². The van der Waals surface area contributed by atoms with Gasteiger partial charge in [-0.1, -0.05) is 60.7 Å². The summed E-state index contributed by atoms with van der Waals surface area (Å²) in [6, 6.07) is 27.6. The molecule has 128 valence electrons. The first kappa shape index (κ1) is 16.3. The zero-order valence-electron chi connectivity index (χ0n) is 14.0. The average molecular weight is 359 g/mol. The fourth-order valence-corrected chi connectivity index (χ4v) is 2.92. The lowest BCUT2D eigenvalue weighted by molar-refractivity contribution is 0.484. The van der Waals surface area contributed by atoms with E-state index in [1.807, 2.05) is 77.5 Å². The van der Waals surface area contributed by atoms with Crippen molar-refractivity contribution in [3.8, 4) is 22.9 Å². The van der Waals surface area contributed by atoms with Gasteiger partial charge in [0.2, 0.25) is 4.77 Å². The molecule has 0 amide bonds. The molecule has 0 bridgehead atoms. The van der Waals surface area contributed by atoms with E-state index in [2.05, 4.69) is 22.2 Å². The minimum absolute atomic E-state index is 0.512. The molecule has 0 atom stereocenters. The molecule has 4 nitrogen and oxygen atoms in total. The molecular formula is C21H17N3OS. The third-order valence-corrected chi connectivity index (χ3v) is 4.29. The number of nitrogens with zero attached hydrogens (tertiary/aromatic N) is 2. The van der Waals surface area contributed by atoms with Crippen molar-refractivity contribution in [2.45, 2.75) is 6.54 Å². The summed E-state index contributed by atoms with van der Waals surface area (Å²) in [4.78, 5) is 4.52. The first-order valence-corrected chi connectivity index (χ1v) is 8.73. The highest BCUT2D eigenvalue weighted by Crippen LogP contribution is 2.31. The number of ether oxygens (including phenoxy) is 1. The molecule has 26 heavy (non-hydrogen) atoms. The third kappa shape index (κ3) is 3.58. The summed E-state index contributed by atoms with van der Waals surface area (Å²) >= 11 is 5.42. The van der Waals surface area contributed by atoms with Crippen molar-refractivity contribution in [3.63, 3.8) is 0 Å². The summed E-state index contributed by atoms with van der Waals surface area (Å²) in [5, 5.41) is 3.29. The molecule has 3 aromatic carbocycles. The number of nitrogens with one attached hydrogen (secondary N) is 1. The predicted octanol–water partition coefficient (Wildman–Crippen LogP) is 5.45. The van der Waals surface area contributed by atoms with Crippen molar-refractivity contribution >= 4 is 12.2 Å². The van der Waals surface area contributed by atoms with E-state index in [1.165, 1.54) is 0 Å². The Bertz CT molecular complexity index is 1060. The molecule has 0 aliphatic rings. The molecule has 0 aliphatic heterocycles. The minimum atomic E-state index is 0.512. The van der Waals surface area contributed by atoms with Crippen LogP contribution in [0.2, 0.25) is 0 Å². The molecule has 0 saturated carbocycles. The van der Waals surface area contributed by atoms with E-state index in [0.717, 1.165) is 22.6 Å². The molecule has 1 aromatic heterocycles. The smallest absolute Gasteiger partial charge is 0.216 e. The number of aromatic amines is 1.